The van der Waals surface area contributed by atoms with Crippen molar-refractivity contribution in [3.05, 3.63) is 64.9 Å². The number of nitrogens with two attached hydrogens (primary N) is 1. The van der Waals surface area contributed by atoms with Crippen LogP contribution in [0, 0.1) is 5.82 Å². The van der Waals surface area contributed by atoms with Crippen LogP contribution in [-0.2, 0) is 0 Å². The van der Waals surface area contributed by atoms with Crippen LogP contribution in [0.1, 0.15) is 24.2 Å². The molecule has 0 spiro atoms. The molecular weight excluding hydrogens is 293 g/mol. The Balaban J connectivity index is 2.31. The Labute approximate surface area is 128 Å². The Morgan fingerprint density at radius 3 is 2.60 bits per heavy atom. The number of hydrogen-bond acceptors (Lipinski definition) is 2. The summed E-state index contributed by atoms with van der Waals surface area (Å²) < 4.78 is 13.4. The molecule has 0 saturated carbocycles. The lowest BCUT2D eigenvalue weighted by atomic mass is 10.0. The van der Waals surface area contributed by atoms with Crippen LogP contribution in [0.2, 0.25) is 5.02 Å². The average Bonchev–Trinajstić information content (AvgIpc) is 2.45. The third-order valence-electron chi connectivity index (χ3n) is 3.13. The van der Waals surface area contributed by atoms with E-state index in [1.54, 1.807) is 23.9 Å². The molecule has 20 heavy (non-hydrogen) atoms. The molecule has 2 aromatic rings. The van der Waals surface area contributed by atoms with E-state index < -0.39 is 0 Å². The summed E-state index contributed by atoms with van der Waals surface area (Å²) in [4.78, 5) is 0.965. The number of thioether (sulfide) groups is 1. The monoisotopic (exact) mass is 309 g/mol. The normalized spacial score (nSPS) is 14.0. The van der Waals surface area contributed by atoms with Gasteiger partial charge >= 0.3 is 0 Å². The van der Waals surface area contributed by atoms with Crippen molar-refractivity contribution in [2.24, 2.45) is 5.73 Å². The Morgan fingerprint density at radius 2 is 1.95 bits per heavy atom. The summed E-state index contributed by atoms with van der Waals surface area (Å²) >= 11 is 7.79. The molecule has 4 heteroatoms. The van der Waals surface area contributed by atoms with Gasteiger partial charge in [-0.15, -0.1) is 11.8 Å². The Kier molecular flexibility index (Phi) is 5.46. The number of halogens is 2. The van der Waals surface area contributed by atoms with Gasteiger partial charge in [0.1, 0.15) is 5.82 Å². The van der Waals surface area contributed by atoms with E-state index in [1.165, 1.54) is 6.07 Å². The zero-order chi connectivity index (χ0) is 14.5. The van der Waals surface area contributed by atoms with Gasteiger partial charge in [0.05, 0.1) is 5.02 Å². The quantitative estimate of drug-likeness (QED) is 0.782. The topological polar surface area (TPSA) is 26.0 Å². The summed E-state index contributed by atoms with van der Waals surface area (Å²) in [7, 11) is 0. The first-order valence-corrected chi connectivity index (χ1v) is 7.79. The zero-order valence-electron chi connectivity index (χ0n) is 11.2. The van der Waals surface area contributed by atoms with Crippen molar-refractivity contribution >= 4 is 23.4 Å². The van der Waals surface area contributed by atoms with Crippen LogP contribution in [-0.4, -0.2) is 6.04 Å². The first-order valence-electron chi connectivity index (χ1n) is 6.54. The predicted molar refractivity (Wildman–Crippen MR) is 84.7 cm³/mol. The van der Waals surface area contributed by atoms with Crippen LogP contribution in [0.15, 0.2) is 53.4 Å². The van der Waals surface area contributed by atoms with Crippen molar-refractivity contribution in [3.8, 4) is 0 Å². The fourth-order valence-electron chi connectivity index (χ4n) is 1.98. The van der Waals surface area contributed by atoms with Crippen molar-refractivity contribution < 1.29 is 4.39 Å². The van der Waals surface area contributed by atoms with Crippen molar-refractivity contribution in [1.29, 1.82) is 0 Å². The molecular formula is C16H17ClFNS. The van der Waals surface area contributed by atoms with Gasteiger partial charge in [-0.1, -0.05) is 42.8 Å². The minimum absolute atomic E-state index is 0.0180. The van der Waals surface area contributed by atoms with Crippen molar-refractivity contribution in [3.63, 3.8) is 0 Å². The fraction of sp³-hybridized carbons (Fsp3) is 0.250. The highest BCUT2D eigenvalue weighted by molar-refractivity contribution is 7.99. The van der Waals surface area contributed by atoms with Crippen LogP contribution in [0.5, 0.6) is 0 Å². The third-order valence-corrected chi connectivity index (χ3v) is 5.06. The molecule has 0 aromatic heterocycles. The van der Waals surface area contributed by atoms with Crippen molar-refractivity contribution in [2.75, 3.05) is 0 Å². The highest BCUT2D eigenvalue weighted by Crippen LogP contribution is 2.41. The molecule has 0 aliphatic carbocycles. The minimum atomic E-state index is -0.240. The largest absolute Gasteiger partial charge is 0.326 e. The maximum absolute atomic E-state index is 13.4. The van der Waals surface area contributed by atoms with E-state index in [4.69, 9.17) is 17.3 Å². The molecule has 0 amide bonds. The summed E-state index contributed by atoms with van der Waals surface area (Å²) in [5, 5.41) is 0.679. The summed E-state index contributed by atoms with van der Waals surface area (Å²) in [5.74, 6) is -0.240. The molecule has 2 atom stereocenters. The maximum atomic E-state index is 13.4. The second kappa shape index (κ2) is 7.11. The number of benzene rings is 2. The first kappa shape index (κ1) is 15.4. The first-order chi connectivity index (χ1) is 9.61. The molecule has 2 aromatic carbocycles. The molecule has 2 unspecified atom stereocenters. The Bertz CT molecular complexity index is 576. The van der Waals surface area contributed by atoms with Crippen molar-refractivity contribution in [2.45, 2.75) is 29.5 Å². The molecule has 0 radical (unpaired) electrons. The maximum Gasteiger partial charge on any atom is 0.123 e. The second-order valence-corrected chi connectivity index (χ2v) is 6.19. The van der Waals surface area contributed by atoms with Gasteiger partial charge in [0.15, 0.2) is 0 Å². The lowest BCUT2D eigenvalue weighted by molar-refractivity contribution is 0.610. The minimum Gasteiger partial charge on any atom is -0.326 e. The molecule has 2 N–H and O–H groups in total. The Hall–Kier alpha value is -1.03. The molecule has 0 fully saturated rings. The second-order valence-electron chi connectivity index (χ2n) is 4.60. The molecule has 0 aliphatic heterocycles. The molecule has 0 bridgehead atoms. The van der Waals surface area contributed by atoms with Gasteiger partial charge in [0.25, 0.3) is 0 Å². The average molecular weight is 310 g/mol. The van der Waals surface area contributed by atoms with E-state index in [0.29, 0.717) is 5.02 Å². The van der Waals surface area contributed by atoms with Gasteiger partial charge in [0.2, 0.25) is 0 Å². The number of hydrogen-bond donors (Lipinski definition) is 1. The van der Waals surface area contributed by atoms with Gasteiger partial charge < -0.3 is 5.73 Å². The molecule has 2 rings (SSSR count). The molecule has 0 heterocycles. The third kappa shape index (κ3) is 3.75. The van der Waals surface area contributed by atoms with Crippen molar-refractivity contribution in [1.82, 2.24) is 0 Å². The smallest absolute Gasteiger partial charge is 0.123 e. The summed E-state index contributed by atoms with van der Waals surface area (Å²) in [6.07, 6.45) is 0.818. The summed E-state index contributed by atoms with van der Waals surface area (Å²) in [6, 6.07) is 14.2. The SMILES string of the molecule is CCC(N)C(Sc1ccccc1Cl)c1cccc(F)c1. The summed E-state index contributed by atoms with van der Waals surface area (Å²) in [5.41, 5.74) is 7.10. The van der Waals surface area contributed by atoms with E-state index in [1.807, 2.05) is 37.3 Å². The molecule has 1 nitrogen and oxygen atoms in total. The van der Waals surface area contributed by atoms with Gasteiger partial charge in [-0.25, -0.2) is 4.39 Å². The highest BCUT2D eigenvalue weighted by Gasteiger charge is 2.21. The van der Waals surface area contributed by atoms with Crippen LogP contribution >= 0.6 is 23.4 Å². The van der Waals surface area contributed by atoms with Gasteiger partial charge in [-0.05, 0) is 36.2 Å². The molecule has 0 saturated heterocycles. The van der Waals surface area contributed by atoms with Gasteiger partial charge in [-0.3, -0.25) is 0 Å². The van der Waals surface area contributed by atoms with E-state index in [-0.39, 0.29) is 17.1 Å². The zero-order valence-corrected chi connectivity index (χ0v) is 12.8. The lowest BCUT2D eigenvalue weighted by Crippen LogP contribution is -2.25. The van der Waals surface area contributed by atoms with Gasteiger partial charge in [-0.2, -0.15) is 0 Å². The van der Waals surface area contributed by atoms with E-state index in [9.17, 15) is 4.39 Å². The van der Waals surface area contributed by atoms with E-state index in [2.05, 4.69) is 0 Å². The fourth-order valence-corrected chi connectivity index (χ4v) is 3.51. The standard InChI is InChI=1S/C16H17ClFNS/c1-2-14(19)16(11-6-5-7-12(18)10-11)20-15-9-4-3-8-13(15)17/h3-10,14,16H,2,19H2,1H3. The van der Waals surface area contributed by atoms with Crippen LogP contribution in [0.4, 0.5) is 4.39 Å². The van der Waals surface area contributed by atoms with Gasteiger partial charge in [0, 0.05) is 16.2 Å². The van der Waals surface area contributed by atoms with Crippen LogP contribution < -0.4 is 5.73 Å². The van der Waals surface area contributed by atoms with E-state index >= 15 is 0 Å². The number of rotatable bonds is 5. The van der Waals surface area contributed by atoms with Crippen LogP contribution in [0.25, 0.3) is 0 Å². The predicted octanol–water partition coefficient (Wildman–Crippen LogP) is 5.05. The lowest BCUT2D eigenvalue weighted by Gasteiger charge is -2.23. The van der Waals surface area contributed by atoms with E-state index in [0.717, 1.165) is 16.9 Å². The Morgan fingerprint density at radius 1 is 1.20 bits per heavy atom. The molecule has 106 valence electrons. The highest BCUT2D eigenvalue weighted by atomic mass is 35.5. The van der Waals surface area contributed by atoms with Crippen LogP contribution in [0.3, 0.4) is 0 Å². The summed E-state index contributed by atoms with van der Waals surface area (Å²) in [6.45, 7) is 2.03. The molecule has 0 aliphatic rings.